The van der Waals surface area contributed by atoms with E-state index in [0.29, 0.717) is 36.5 Å². The largest absolute Gasteiger partial charge is 0.496 e. The number of benzene rings is 2. The third-order valence-corrected chi connectivity index (χ3v) is 4.93. The van der Waals surface area contributed by atoms with Crippen LogP contribution in [0.5, 0.6) is 5.75 Å². The van der Waals surface area contributed by atoms with Gasteiger partial charge in [-0.15, -0.1) is 0 Å². The van der Waals surface area contributed by atoms with Crippen LogP contribution in [0.1, 0.15) is 23.1 Å². The number of anilines is 1. The van der Waals surface area contributed by atoms with E-state index in [1.54, 1.807) is 26.4 Å². The van der Waals surface area contributed by atoms with Gasteiger partial charge in [-0.1, -0.05) is 30.3 Å². The smallest absolute Gasteiger partial charge is 0.278 e. The van der Waals surface area contributed by atoms with E-state index in [0.717, 1.165) is 16.8 Å². The van der Waals surface area contributed by atoms with E-state index >= 15 is 0 Å². The van der Waals surface area contributed by atoms with Crippen LogP contribution in [0.3, 0.4) is 0 Å². The average Bonchev–Trinajstić information content (AvgIpc) is 2.95. The fourth-order valence-electron chi connectivity index (χ4n) is 3.37. The van der Waals surface area contributed by atoms with Crippen molar-refractivity contribution in [3.63, 3.8) is 0 Å². The third kappa shape index (κ3) is 4.17. The molecule has 0 aliphatic carbocycles. The van der Waals surface area contributed by atoms with Crippen molar-refractivity contribution in [2.45, 2.75) is 20.3 Å². The molecule has 2 aromatic carbocycles. The van der Waals surface area contributed by atoms with Gasteiger partial charge in [0.15, 0.2) is 0 Å². The van der Waals surface area contributed by atoms with Gasteiger partial charge in [-0.3, -0.25) is 14.5 Å². The summed E-state index contributed by atoms with van der Waals surface area (Å²) >= 11 is 0. The number of aryl methyl sites for hydroxylation is 2. The number of hydrogen-bond donors (Lipinski definition) is 1. The minimum absolute atomic E-state index is 0.269. The first-order valence-electron chi connectivity index (χ1n) is 9.55. The molecule has 0 spiro atoms. The molecular formula is C23H26N2O4. The summed E-state index contributed by atoms with van der Waals surface area (Å²) in [5.41, 5.74) is 4.03. The number of carbonyl (C=O) groups excluding carboxylic acids is 2. The molecule has 0 saturated heterocycles. The Bertz CT molecular complexity index is 965. The van der Waals surface area contributed by atoms with Gasteiger partial charge < -0.3 is 14.8 Å². The van der Waals surface area contributed by atoms with Crippen molar-refractivity contribution < 1.29 is 19.1 Å². The summed E-state index contributed by atoms with van der Waals surface area (Å²) in [7, 11) is 3.15. The van der Waals surface area contributed by atoms with Crippen molar-refractivity contribution in [2.75, 3.05) is 32.7 Å². The van der Waals surface area contributed by atoms with E-state index in [9.17, 15) is 9.59 Å². The quantitative estimate of drug-likeness (QED) is 0.548. The molecule has 0 atom stereocenters. The first-order chi connectivity index (χ1) is 14.0. The fourth-order valence-corrected chi connectivity index (χ4v) is 3.37. The van der Waals surface area contributed by atoms with E-state index < -0.39 is 0 Å². The number of para-hydroxylation sites is 1. The number of imide groups is 1. The molecule has 6 heteroatoms. The second kappa shape index (κ2) is 8.92. The summed E-state index contributed by atoms with van der Waals surface area (Å²) in [4.78, 5) is 27.7. The van der Waals surface area contributed by atoms with E-state index in [2.05, 4.69) is 5.32 Å². The number of amides is 2. The Kier molecular flexibility index (Phi) is 6.34. The van der Waals surface area contributed by atoms with Crippen LogP contribution in [0.15, 0.2) is 48.2 Å². The van der Waals surface area contributed by atoms with Gasteiger partial charge in [0.2, 0.25) is 0 Å². The molecule has 0 radical (unpaired) electrons. The highest BCUT2D eigenvalue weighted by atomic mass is 16.5. The Labute approximate surface area is 171 Å². The van der Waals surface area contributed by atoms with E-state index in [-0.39, 0.29) is 17.5 Å². The topological polar surface area (TPSA) is 67.9 Å². The van der Waals surface area contributed by atoms with E-state index in [1.807, 2.05) is 44.2 Å². The molecule has 0 fully saturated rings. The standard InChI is InChI=1S/C23H26N2O4/c1-15-10-11-16(2)18(14-15)24-21-20(17-8-5-6-9-19(17)29-4)22(26)25(23(21)27)12-7-13-28-3/h5-6,8-11,14,24H,7,12-13H2,1-4H3. The van der Waals surface area contributed by atoms with Crippen LogP contribution in [0.4, 0.5) is 5.69 Å². The molecule has 3 rings (SSSR count). The number of carbonyl (C=O) groups is 2. The van der Waals surface area contributed by atoms with Gasteiger partial charge in [-0.05, 0) is 43.5 Å². The summed E-state index contributed by atoms with van der Waals surface area (Å²) < 4.78 is 10.5. The number of nitrogens with one attached hydrogen (secondary N) is 1. The molecule has 152 valence electrons. The fraction of sp³-hybridized carbons (Fsp3) is 0.304. The number of ether oxygens (including phenoxy) is 2. The van der Waals surface area contributed by atoms with Gasteiger partial charge in [0.1, 0.15) is 11.4 Å². The van der Waals surface area contributed by atoms with Crippen molar-refractivity contribution in [3.8, 4) is 5.75 Å². The average molecular weight is 394 g/mol. The maximum absolute atomic E-state index is 13.2. The van der Waals surface area contributed by atoms with Gasteiger partial charge in [0.25, 0.3) is 11.8 Å². The van der Waals surface area contributed by atoms with Crippen LogP contribution in [0.2, 0.25) is 0 Å². The Morgan fingerprint density at radius 1 is 1.00 bits per heavy atom. The lowest BCUT2D eigenvalue weighted by atomic mass is 10.0. The molecule has 1 aliphatic rings. The maximum Gasteiger partial charge on any atom is 0.278 e. The summed E-state index contributed by atoms with van der Waals surface area (Å²) in [6.07, 6.45) is 0.573. The molecule has 1 aliphatic heterocycles. The molecule has 0 aromatic heterocycles. The summed E-state index contributed by atoms with van der Waals surface area (Å²) in [5.74, 6) is -0.126. The molecule has 2 aromatic rings. The zero-order chi connectivity index (χ0) is 21.0. The number of nitrogens with zero attached hydrogens (tertiary/aromatic N) is 1. The molecular weight excluding hydrogens is 368 g/mol. The van der Waals surface area contributed by atoms with Crippen molar-refractivity contribution in [2.24, 2.45) is 0 Å². The van der Waals surface area contributed by atoms with Crippen LogP contribution in [0.25, 0.3) is 5.57 Å². The minimum atomic E-state index is -0.340. The highest BCUT2D eigenvalue weighted by Crippen LogP contribution is 2.35. The highest BCUT2D eigenvalue weighted by Gasteiger charge is 2.40. The number of methoxy groups -OCH3 is 2. The molecule has 2 amide bonds. The number of rotatable bonds is 8. The first kappa shape index (κ1) is 20.6. The zero-order valence-electron chi connectivity index (χ0n) is 17.2. The third-order valence-electron chi connectivity index (χ3n) is 4.93. The van der Waals surface area contributed by atoms with Crippen LogP contribution < -0.4 is 10.1 Å². The van der Waals surface area contributed by atoms with Crippen molar-refractivity contribution in [3.05, 3.63) is 64.9 Å². The van der Waals surface area contributed by atoms with Crippen molar-refractivity contribution in [1.29, 1.82) is 0 Å². The molecule has 0 saturated carbocycles. The maximum atomic E-state index is 13.2. The van der Waals surface area contributed by atoms with E-state index in [1.165, 1.54) is 4.90 Å². The van der Waals surface area contributed by atoms with Crippen LogP contribution >= 0.6 is 0 Å². The minimum Gasteiger partial charge on any atom is -0.496 e. The Morgan fingerprint density at radius 3 is 2.48 bits per heavy atom. The molecule has 0 unspecified atom stereocenters. The Morgan fingerprint density at radius 2 is 1.76 bits per heavy atom. The van der Waals surface area contributed by atoms with Gasteiger partial charge in [-0.2, -0.15) is 0 Å². The van der Waals surface area contributed by atoms with Crippen LogP contribution in [-0.2, 0) is 14.3 Å². The normalized spacial score (nSPS) is 14.0. The lowest BCUT2D eigenvalue weighted by Crippen LogP contribution is -2.34. The van der Waals surface area contributed by atoms with Gasteiger partial charge in [-0.25, -0.2) is 0 Å². The lowest BCUT2D eigenvalue weighted by Gasteiger charge is -2.15. The summed E-state index contributed by atoms with van der Waals surface area (Å²) in [6.45, 7) is 4.71. The summed E-state index contributed by atoms with van der Waals surface area (Å²) in [5, 5.41) is 3.23. The molecule has 1 heterocycles. The Balaban J connectivity index is 2.08. The van der Waals surface area contributed by atoms with Gasteiger partial charge in [0, 0.05) is 31.5 Å². The first-order valence-corrected chi connectivity index (χ1v) is 9.55. The van der Waals surface area contributed by atoms with Crippen LogP contribution in [-0.4, -0.2) is 44.1 Å². The van der Waals surface area contributed by atoms with Gasteiger partial charge in [0.05, 0.1) is 12.7 Å². The molecule has 6 nitrogen and oxygen atoms in total. The second-order valence-corrected chi connectivity index (χ2v) is 7.00. The lowest BCUT2D eigenvalue weighted by molar-refractivity contribution is -0.137. The predicted octanol–water partition coefficient (Wildman–Crippen LogP) is 3.54. The monoisotopic (exact) mass is 394 g/mol. The highest BCUT2D eigenvalue weighted by molar-refractivity contribution is 6.37. The number of hydrogen-bond acceptors (Lipinski definition) is 5. The van der Waals surface area contributed by atoms with Gasteiger partial charge >= 0.3 is 0 Å². The molecule has 29 heavy (non-hydrogen) atoms. The predicted molar refractivity (Wildman–Crippen MR) is 113 cm³/mol. The molecule has 1 N–H and O–H groups in total. The molecule has 0 bridgehead atoms. The second-order valence-electron chi connectivity index (χ2n) is 7.00. The zero-order valence-corrected chi connectivity index (χ0v) is 17.2. The summed E-state index contributed by atoms with van der Waals surface area (Å²) in [6, 6.07) is 13.2. The van der Waals surface area contributed by atoms with Crippen molar-refractivity contribution in [1.82, 2.24) is 4.90 Å². The van der Waals surface area contributed by atoms with E-state index in [4.69, 9.17) is 9.47 Å². The SMILES string of the molecule is COCCCN1C(=O)C(Nc2cc(C)ccc2C)=C(c2ccccc2OC)C1=O. The van der Waals surface area contributed by atoms with Crippen LogP contribution in [0, 0.1) is 13.8 Å². The Hall–Kier alpha value is -3.12. The van der Waals surface area contributed by atoms with Crippen molar-refractivity contribution >= 4 is 23.1 Å².